The van der Waals surface area contributed by atoms with Crippen LogP contribution < -0.4 is 0 Å². The van der Waals surface area contributed by atoms with Crippen LogP contribution in [-0.2, 0) is 5.41 Å². The van der Waals surface area contributed by atoms with Gasteiger partial charge in [-0.2, -0.15) is 0 Å². The van der Waals surface area contributed by atoms with Crippen molar-refractivity contribution in [3.63, 3.8) is 0 Å². The molecule has 3 aliphatic carbocycles. The molecule has 0 N–H and O–H groups in total. The minimum absolute atomic E-state index is 0.227. The van der Waals surface area contributed by atoms with Crippen LogP contribution >= 0.6 is 0 Å². The van der Waals surface area contributed by atoms with Gasteiger partial charge in [-0.15, -0.1) is 0 Å². The molecular formula is C31H46OSi. The second-order valence-electron chi connectivity index (χ2n) is 13.4. The molecule has 0 radical (unpaired) electrons. The van der Waals surface area contributed by atoms with Crippen LogP contribution in [-0.4, -0.2) is 8.07 Å². The molecule has 3 saturated carbocycles. The molecule has 2 heteroatoms. The van der Waals surface area contributed by atoms with Gasteiger partial charge in [-0.25, -0.2) is 0 Å². The molecule has 180 valence electrons. The largest absolute Gasteiger partial charge is 0.466 e. The summed E-state index contributed by atoms with van der Waals surface area (Å²) >= 11 is 0. The fourth-order valence-electron chi connectivity index (χ4n) is 8.43. The molecule has 1 aromatic carbocycles. The third kappa shape index (κ3) is 4.30. The highest BCUT2D eigenvalue weighted by Crippen LogP contribution is 2.65. The number of rotatable bonds is 4. The summed E-state index contributed by atoms with van der Waals surface area (Å²) in [6, 6.07) is 14.3. The van der Waals surface area contributed by atoms with E-state index >= 15 is 0 Å². The highest BCUT2D eigenvalue weighted by atomic mass is 28.3. The molecule has 3 fully saturated rings. The fourth-order valence-corrected chi connectivity index (χ4v) is 13.7. The van der Waals surface area contributed by atoms with E-state index in [9.17, 15) is 0 Å². The van der Waals surface area contributed by atoms with Gasteiger partial charge in [0.25, 0.3) is 0 Å². The molecule has 5 atom stereocenters. The second-order valence-corrected chi connectivity index (χ2v) is 18.5. The zero-order valence-electron chi connectivity index (χ0n) is 22.0. The lowest BCUT2D eigenvalue weighted by Crippen LogP contribution is -2.42. The van der Waals surface area contributed by atoms with Crippen LogP contribution in [0.15, 0.2) is 40.8 Å². The average molecular weight is 463 g/mol. The van der Waals surface area contributed by atoms with Crippen LogP contribution in [0.1, 0.15) is 107 Å². The Morgan fingerprint density at radius 3 is 2.09 bits per heavy atom. The summed E-state index contributed by atoms with van der Waals surface area (Å²) < 4.78 is 6.38. The molecule has 1 heterocycles. The average Bonchev–Trinajstić information content (AvgIpc) is 3.52. The van der Waals surface area contributed by atoms with Gasteiger partial charge in [-0.05, 0) is 77.3 Å². The van der Waals surface area contributed by atoms with Gasteiger partial charge >= 0.3 is 0 Å². The first-order chi connectivity index (χ1) is 15.7. The van der Waals surface area contributed by atoms with Crippen LogP contribution in [0, 0.1) is 18.8 Å². The zero-order chi connectivity index (χ0) is 23.4. The highest BCUT2D eigenvalue weighted by Gasteiger charge is 2.56. The van der Waals surface area contributed by atoms with Crippen molar-refractivity contribution in [3.05, 3.63) is 59.0 Å². The van der Waals surface area contributed by atoms with Crippen LogP contribution in [0.2, 0.25) is 24.2 Å². The van der Waals surface area contributed by atoms with E-state index in [4.69, 9.17) is 4.42 Å². The van der Waals surface area contributed by atoms with Crippen molar-refractivity contribution in [2.24, 2.45) is 11.8 Å². The Bertz CT molecular complexity index is 940. The standard InChI is InChI=1S/C31H46OSi/c1-21-14-19-29(32-21)28-20-27-25(22-15-17-23(18-16-22)31(2,3)4)12-9-13-26(27)30(28)33(5,6)24-10-7-8-11-24/h14-19,24-28,30H,7-13,20H2,1-6H3. The first-order valence-electron chi connectivity index (χ1n) is 13.8. The van der Waals surface area contributed by atoms with E-state index in [0.29, 0.717) is 5.92 Å². The maximum absolute atomic E-state index is 6.38. The SMILES string of the molecule is Cc1ccc(C2CC3C(c4ccc(C(C)(C)C)cc4)CCCC3C2[Si](C)(C)C2CCCC2)o1. The topological polar surface area (TPSA) is 13.1 Å². The van der Waals surface area contributed by atoms with Crippen LogP contribution in [0.3, 0.4) is 0 Å². The molecule has 2 aromatic rings. The molecule has 0 bridgehead atoms. The maximum Gasteiger partial charge on any atom is 0.107 e. The molecule has 3 aliphatic rings. The molecule has 0 amide bonds. The van der Waals surface area contributed by atoms with E-state index in [0.717, 1.165) is 34.6 Å². The molecule has 1 aromatic heterocycles. The Balaban J connectivity index is 1.49. The van der Waals surface area contributed by atoms with E-state index in [-0.39, 0.29) is 5.41 Å². The van der Waals surface area contributed by atoms with Gasteiger partial charge in [0.15, 0.2) is 0 Å². The van der Waals surface area contributed by atoms with E-state index in [1.807, 2.05) is 0 Å². The van der Waals surface area contributed by atoms with E-state index < -0.39 is 8.07 Å². The Morgan fingerprint density at radius 2 is 1.48 bits per heavy atom. The molecule has 33 heavy (non-hydrogen) atoms. The number of hydrogen-bond donors (Lipinski definition) is 0. The highest BCUT2D eigenvalue weighted by molar-refractivity contribution is 6.80. The predicted molar refractivity (Wildman–Crippen MR) is 143 cm³/mol. The monoisotopic (exact) mass is 462 g/mol. The predicted octanol–water partition coefficient (Wildman–Crippen LogP) is 9.60. The summed E-state index contributed by atoms with van der Waals surface area (Å²) in [5, 5.41) is 0. The number of hydrogen-bond acceptors (Lipinski definition) is 1. The van der Waals surface area contributed by atoms with Crippen LogP contribution in [0.5, 0.6) is 0 Å². The van der Waals surface area contributed by atoms with Crippen molar-refractivity contribution >= 4 is 8.07 Å². The van der Waals surface area contributed by atoms with E-state index in [2.05, 4.69) is 77.2 Å². The van der Waals surface area contributed by atoms with Gasteiger partial charge in [0.05, 0.1) is 8.07 Å². The summed E-state index contributed by atoms with van der Waals surface area (Å²) in [7, 11) is -1.41. The molecule has 0 saturated heterocycles. The van der Waals surface area contributed by atoms with Gasteiger partial charge in [0, 0.05) is 5.92 Å². The third-order valence-corrected chi connectivity index (χ3v) is 15.4. The quantitative estimate of drug-likeness (QED) is 0.412. The summed E-state index contributed by atoms with van der Waals surface area (Å²) in [5.41, 5.74) is 5.19. The lowest BCUT2D eigenvalue weighted by Gasteiger charge is -2.44. The summed E-state index contributed by atoms with van der Waals surface area (Å²) in [6.07, 6.45) is 11.5. The number of furan rings is 1. The molecule has 0 aliphatic heterocycles. The van der Waals surface area contributed by atoms with Crippen molar-refractivity contribution in [2.75, 3.05) is 0 Å². The summed E-state index contributed by atoms with van der Waals surface area (Å²) in [5.74, 6) is 5.50. The Labute approximate surface area is 203 Å². The van der Waals surface area contributed by atoms with Crippen molar-refractivity contribution in [3.8, 4) is 0 Å². The van der Waals surface area contributed by atoms with Crippen LogP contribution in [0.25, 0.3) is 0 Å². The lowest BCUT2D eigenvalue weighted by molar-refractivity contribution is 0.235. The molecule has 5 rings (SSSR count). The molecular weight excluding hydrogens is 416 g/mol. The fraction of sp³-hybridized carbons (Fsp3) is 0.677. The van der Waals surface area contributed by atoms with Crippen molar-refractivity contribution in [2.45, 2.75) is 120 Å². The maximum atomic E-state index is 6.38. The number of aryl methyl sites for hydroxylation is 1. The van der Waals surface area contributed by atoms with E-state index in [1.54, 1.807) is 5.56 Å². The number of fused-ring (bicyclic) bond motifs is 1. The summed E-state index contributed by atoms with van der Waals surface area (Å²) in [4.78, 5) is 0. The first kappa shape index (κ1) is 23.5. The van der Waals surface area contributed by atoms with Crippen molar-refractivity contribution < 1.29 is 4.42 Å². The van der Waals surface area contributed by atoms with Crippen molar-refractivity contribution in [1.82, 2.24) is 0 Å². The molecule has 5 unspecified atom stereocenters. The van der Waals surface area contributed by atoms with Gasteiger partial charge in [0.1, 0.15) is 11.5 Å². The summed E-state index contributed by atoms with van der Waals surface area (Å²) in [6.45, 7) is 14.6. The van der Waals surface area contributed by atoms with Crippen molar-refractivity contribution in [1.29, 1.82) is 0 Å². The molecule has 1 nitrogen and oxygen atoms in total. The van der Waals surface area contributed by atoms with Gasteiger partial charge in [-0.1, -0.05) is 96.7 Å². The lowest BCUT2D eigenvalue weighted by atomic mass is 9.70. The minimum Gasteiger partial charge on any atom is -0.466 e. The minimum atomic E-state index is -1.41. The molecule has 0 spiro atoms. The zero-order valence-corrected chi connectivity index (χ0v) is 23.0. The van der Waals surface area contributed by atoms with Crippen LogP contribution in [0.4, 0.5) is 0 Å². The normalized spacial score (nSPS) is 31.2. The Hall–Kier alpha value is -1.28. The van der Waals surface area contributed by atoms with E-state index in [1.165, 1.54) is 62.7 Å². The third-order valence-electron chi connectivity index (χ3n) is 10.1. The number of benzene rings is 1. The van der Waals surface area contributed by atoms with Gasteiger partial charge < -0.3 is 4.42 Å². The van der Waals surface area contributed by atoms with Gasteiger partial charge in [0.2, 0.25) is 0 Å². The second kappa shape index (κ2) is 8.74. The first-order valence-corrected chi connectivity index (χ1v) is 17.0. The van der Waals surface area contributed by atoms with Gasteiger partial charge in [-0.3, -0.25) is 0 Å². The Morgan fingerprint density at radius 1 is 0.788 bits per heavy atom. The Kier molecular flexibility index (Phi) is 6.21. The smallest absolute Gasteiger partial charge is 0.107 e.